The molecule has 2 aromatic carbocycles. The average Bonchev–Trinajstić information content (AvgIpc) is 3.19. The van der Waals surface area contributed by atoms with Gasteiger partial charge in [0.05, 0.1) is 11.1 Å². The van der Waals surface area contributed by atoms with Crippen molar-refractivity contribution in [2.45, 2.75) is 25.9 Å². The number of carbonyl (C=O) groups excluding carboxylic acids is 1. The minimum absolute atomic E-state index is 0.0499. The first kappa shape index (κ1) is 17.0. The molecule has 0 radical (unpaired) electrons. The molecule has 5 rings (SSSR count). The molecule has 0 saturated carbocycles. The van der Waals surface area contributed by atoms with Crippen LogP contribution in [0.2, 0.25) is 0 Å². The Hall–Kier alpha value is -3.08. The Morgan fingerprint density at radius 1 is 1.04 bits per heavy atom. The van der Waals surface area contributed by atoms with Crippen LogP contribution in [-0.2, 0) is 13.0 Å². The predicted molar refractivity (Wildman–Crippen MR) is 105 cm³/mol. The number of likely N-dealkylation sites (tertiary alicyclic amines) is 1. The minimum Gasteiger partial charge on any atom is -0.488 e. The molecule has 1 aromatic heterocycles. The fourth-order valence-corrected chi connectivity index (χ4v) is 4.19. The Labute approximate surface area is 163 Å². The van der Waals surface area contributed by atoms with Crippen molar-refractivity contribution in [1.29, 1.82) is 0 Å². The molecule has 0 bridgehead atoms. The lowest BCUT2D eigenvalue weighted by molar-refractivity contribution is 0.0678. The fraction of sp³-hybridized carbons (Fsp3) is 0.304. The second kappa shape index (κ2) is 7.15. The lowest BCUT2D eigenvalue weighted by atomic mass is 9.90. The van der Waals surface area contributed by atoms with Crippen LogP contribution in [0.25, 0.3) is 11.3 Å². The van der Waals surface area contributed by atoms with E-state index in [1.54, 1.807) is 0 Å². The molecule has 2 aliphatic heterocycles. The van der Waals surface area contributed by atoms with E-state index >= 15 is 0 Å². The smallest absolute Gasteiger partial charge is 0.276 e. The van der Waals surface area contributed by atoms with Crippen molar-refractivity contribution in [3.8, 4) is 17.1 Å². The van der Waals surface area contributed by atoms with Crippen molar-refractivity contribution in [3.05, 3.63) is 71.4 Å². The van der Waals surface area contributed by atoms with E-state index in [1.165, 1.54) is 5.56 Å². The molecule has 0 aliphatic carbocycles. The second-order valence-electron chi connectivity index (χ2n) is 7.55. The molecule has 3 aromatic rings. The summed E-state index contributed by atoms with van der Waals surface area (Å²) in [7, 11) is 0. The number of hydrogen-bond donors (Lipinski definition) is 0. The van der Waals surface area contributed by atoms with Crippen molar-refractivity contribution in [2.24, 2.45) is 5.92 Å². The van der Waals surface area contributed by atoms with Crippen LogP contribution in [0, 0.1) is 5.92 Å². The third-order valence-corrected chi connectivity index (χ3v) is 5.76. The van der Waals surface area contributed by atoms with Gasteiger partial charge >= 0.3 is 0 Å². The number of hydrogen-bond acceptors (Lipinski definition) is 4. The lowest BCUT2D eigenvalue weighted by Gasteiger charge is -2.31. The first-order valence-corrected chi connectivity index (χ1v) is 9.83. The highest BCUT2D eigenvalue weighted by atomic mass is 16.5. The van der Waals surface area contributed by atoms with E-state index in [4.69, 9.17) is 9.26 Å². The van der Waals surface area contributed by atoms with Crippen LogP contribution < -0.4 is 4.74 Å². The van der Waals surface area contributed by atoms with Crippen LogP contribution in [0.1, 0.15) is 34.5 Å². The van der Waals surface area contributed by atoms with Gasteiger partial charge in [0.25, 0.3) is 5.91 Å². The topological polar surface area (TPSA) is 55.6 Å². The monoisotopic (exact) mass is 374 g/mol. The van der Waals surface area contributed by atoms with E-state index in [-0.39, 0.29) is 5.91 Å². The Morgan fingerprint density at radius 2 is 1.79 bits per heavy atom. The molecule has 142 valence electrons. The van der Waals surface area contributed by atoms with E-state index in [1.807, 2.05) is 35.2 Å². The summed E-state index contributed by atoms with van der Waals surface area (Å²) in [6, 6.07) is 18.3. The van der Waals surface area contributed by atoms with Gasteiger partial charge in [-0.1, -0.05) is 47.6 Å². The van der Waals surface area contributed by atoms with Gasteiger partial charge in [0.2, 0.25) is 0 Å². The predicted octanol–water partition coefficient (Wildman–Crippen LogP) is 4.33. The highest BCUT2D eigenvalue weighted by molar-refractivity contribution is 5.95. The first-order chi connectivity index (χ1) is 13.8. The van der Waals surface area contributed by atoms with Crippen molar-refractivity contribution >= 4 is 5.91 Å². The van der Waals surface area contributed by atoms with Gasteiger partial charge in [-0.2, -0.15) is 0 Å². The quantitative estimate of drug-likeness (QED) is 0.685. The molecule has 0 atom stereocenters. The summed E-state index contributed by atoms with van der Waals surface area (Å²) >= 11 is 0. The van der Waals surface area contributed by atoms with Gasteiger partial charge in [-0.3, -0.25) is 4.79 Å². The molecule has 1 amide bonds. The molecule has 1 fully saturated rings. The number of amides is 1. The molecule has 0 N–H and O–H groups in total. The van der Waals surface area contributed by atoms with Crippen molar-refractivity contribution in [3.63, 3.8) is 0 Å². The van der Waals surface area contributed by atoms with Gasteiger partial charge in [-0.25, -0.2) is 0 Å². The van der Waals surface area contributed by atoms with Gasteiger partial charge in [-0.05, 0) is 42.9 Å². The second-order valence-corrected chi connectivity index (χ2v) is 7.55. The summed E-state index contributed by atoms with van der Waals surface area (Å²) < 4.78 is 11.3. The standard InChI is InChI=1S/C23H22N2O3/c26-23(25-12-10-17(11-13-25)14-16-6-2-1-3-7-16)21-19-15-27-20-9-5-4-8-18(20)22(19)28-24-21/h1-9,17H,10-15H2. The summed E-state index contributed by atoms with van der Waals surface area (Å²) in [5.74, 6) is 2.00. The van der Waals surface area contributed by atoms with E-state index < -0.39 is 0 Å². The van der Waals surface area contributed by atoms with E-state index in [9.17, 15) is 4.79 Å². The summed E-state index contributed by atoms with van der Waals surface area (Å²) in [5, 5.41) is 4.11. The van der Waals surface area contributed by atoms with Gasteiger partial charge in [-0.15, -0.1) is 0 Å². The van der Waals surface area contributed by atoms with Crippen LogP contribution in [0.15, 0.2) is 59.1 Å². The maximum Gasteiger partial charge on any atom is 0.276 e. The minimum atomic E-state index is -0.0499. The molecular weight excluding hydrogens is 352 g/mol. The molecule has 0 unspecified atom stereocenters. The highest BCUT2D eigenvalue weighted by Gasteiger charge is 2.32. The van der Waals surface area contributed by atoms with Crippen LogP contribution in [0.5, 0.6) is 5.75 Å². The third-order valence-electron chi connectivity index (χ3n) is 5.76. The van der Waals surface area contributed by atoms with Gasteiger partial charge < -0.3 is 14.2 Å². The van der Waals surface area contributed by atoms with Crippen LogP contribution in [-0.4, -0.2) is 29.1 Å². The van der Waals surface area contributed by atoms with Crippen LogP contribution in [0.3, 0.4) is 0 Å². The number of benzene rings is 2. The molecule has 2 aliphatic rings. The Bertz CT molecular complexity index is 988. The Kier molecular flexibility index (Phi) is 4.35. The lowest BCUT2D eigenvalue weighted by Crippen LogP contribution is -2.39. The molecular formula is C23H22N2O3. The molecule has 5 nitrogen and oxygen atoms in total. The number of piperidine rings is 1. The number of nitrogens with zero attached hydrogens (tertiary/aromatic N) is 2. The van der Waals surface area contributed by atoms with Crippen LogP contribution in [0.4, 0.5) is 0 Å². The molecule has 5 heteroatoms. The maximum atomic E-state index is 13.1. The number of para-hydroxylation sites is 1. The zero-order chi connectivity index (χ0) is 18.9. The maximum absolute atomic E-state index is 13.1. The van der Waals surface area contributed by atoms with E-state index in [0.29, 0.717) is 24.0 Å². The summed E-state index contributed by atoms with van der Waals surface area (Å²) in [5.41, 5.74) is 3.38. The van der Waals surface area contributed by atoms with Crippen molar-refractivity contribution < 1.29 is 14.1 Å². The molecule has 3 heterocycles. The molecule has 28 heavy (non-hydrogen) atoms. The van der Waals surface area contributed by atoms with E-state index in [2.05, 4.69) is 29.4 Å². The van der Waals surface area contributed by atoms with Gasteiger partial charge in [0.1, 0.15) is 12.4 Å². The SMILES string of the molecule is O=C(c1noc2c1COc1ccccc1-2)N1CCC(Cc2ccccc2)CC1. The summed E-state index contributed by atoms with van der Waals surface area (Å²) in [6.07, 6.45) is 3.10. The van der Waals surface area contributed by atoms with Crippen molar-refractivity contribution in [1.82, 2.24) is 10.1 Å². The number of rotatable bonds is 3. The van der Waals surface area contributed by atoms with Crippen molar-refractivity contribution in [2.75, 3.05) is 13.1 Å². The largest absolute Gasteiger partial charge is 0.488 e. The fourth-order valence-electron chi connectivity index (χ4n) is 4.19. The van der Waals surface area contributed by atoms with E-state index in [0.717, 1.165) is 49.2 Å². The normalized spacial score (nSPS) is 16.2. The average molecular weight is 374 g/mol. The number of aromatic nitrogens is 1. The van der Waals surface area contributed by atoms with Crippen LogP contribution >= 0.6 is 0 Å². The Morgan fingerprint density at radius 3 is 2.61 bits per heavy atom. The zero-order valence-corrected chi connectivity index (χ0v) is 15.6. The first-order valence-electron chi connectivity index (χ1n) is 9.83. The zero-order valence-electron chi connectivity index (χ0n) is 15.6. The van der Waals surface area contributed by atoms with Gasteiger partial charge in [0, 0.05) is 13.1 Å². The number of fused-ring (bicyclic) bond motifs is 3. The molecule has 0 spiro atoms. The Balaban J connectivity index is 1.28. The summed E-state index contributed by atoms with van der Waals surface area (Å²) in [4.78, 5) is 15.0. The number of carbonyl (C=O) groups is 1. The molecule has 1 saturated heterocycles. The van der Waals surface area contributed by atoms with Gasteiger partial charge in [0.15, 0.2) is 11.5 Å². The summed E-state index contributed by atoms with van der Waals surface area (Å²) in [6.45, 7) is 1.84. The third kappa shape index (κ3) is 3.07. The highest BCUT2D eigenvalue weighted by Crippen LogP contribution is 2.39. The number of ether oxygens (including phenoxy) is 1.